The number of nitro benzene ring substituents is 1. The van der Waals surface area contributed by atoms with Crippen molar-refractivity contribution in [1.82, 2.24) is 4.90 Å². The van der Waals surface area contributed by atoms with Crippen molar-refractivity contribution in [3.05, 3.63) is 62.1 Å². The summed E-state index contributed by atoms with van der Waals surface area (Å²) in [4.78, 5) is 39.1. The first-order valence-electron chi connectivity index (χ1n) is 10.2. The van der Waals surface area contributed by atoms with Gasteiger partial charge >= 0.3 is 0 Å². The summed E-state index contributed by atoms with van der Waals surface area (Å²) in [5.41, 5.74) is 1.07. The molecule has 1 aliphatic heterocycles. The highest BCUT2D eigenvalue weighted by Crippen LogP contribution is 2.30. The van der Waals surface area contributed by atoms with E-state index in [0.717, 1.165) is 11.8 Å². The van der Waals surface area contributed by atoms with Gasteiger partial charge in [-0.25, -0.2) is 0 Å². The number of amides is 2. The molecule has 2 aromatic rings. The summed E-state index contributed by atoms with van der Waals surface area (Å²) in [7, 11) is 0. The molecule has 1 fully saturated rings. The van der Waals surface area contributed by atoms with Gasteiger partial charge in [-0.1, -0.05) is 37.0 Å². The number of carbonyl (C=O) groups excluding carboxylic acids is 2. The number of anilines is 2. The van der Waals surface area contributed by atoms with Crippen LogP contribution in [-0.2, 0) is 4.79 Å². The molecule has 0 bridgehead atoms. The first-order valence-corrected chi connectivity index (χ1v) is 11.0. The van der Waals surface area contributed by atoms with Crippen LogP contribution in [-0.4, -0.2) is 47.8 Å². The van der Waals surface area contributed by atoms with Crippen LogP contribution in [0, 0.1) is 16.0 Å². The van der Waals surface area contributed by atoms with Crippen LogP contribution in [0.1, 0.15) is 30.6 Å². The molecular weight excluding hydrogens is 455 g/mol. The average molecular weight is 479 g/mol. The lowest BCUT2D eigenvalue weighted by molar-refractivity contribution is -0.384. The highest BCUT2D eigenvalue weighted by atomic mass is 35.5. The Balaban J connectivity index is 1.65. The summed E-state index contributed by atoms with van der Waals surface area (Å²) in [5, 5.41) is 14.2. The molecule has 0 radical (unpaired) electrons. The van der Waals surface area contributed by atoms with E-state index in [9.17, 15) is 19.7 Å². The minimum atomic E-state index is -0.638. The van der Waals surface area contributed by atoms with Crippen LogP contribution in [0.5, 0.6) is 0 Å². The Morgan fingerprint density at radius 3 is 2.34 bits per heavy atom. The van der Waals surface area contributed by atoms with Gasteiger partial charge in [0.2, 0.25) is 5.91 Å². The van der Waals surface area contributed by atoms with Crippen LogP contribution in [0.2, 0.25) is 10.0 Å². The first-order chi connectivity index (χ1) is 15.2. The van der Waals surface area contributed by atoms with Crippen molar-refractivity contribution in [2.75, 3.05) is 36.4 Å². The molecule has 1 heterocycles. The van der Waals surface area contributed by atoms with Crippen LogP contribution in [0.4, 0.5) is 17.1 Å². The molecule has 32 heavy (non-hydrogen) atoms. The number of rotatable bonds is 6. The smallest absolute Gasteiger partial charge is 0.288 e. The molecule has 0 saturated carbocycles. The molecule has 2 aromatic carbocycles. The summed E-state index contributed by atoms with van der Waals surface area (Å²) < 4.78 is 0. The number of piperazine rings is 1. The van der Waals surface area contributed by atoms with E-state index in [1.54, 1.807) is 12.1 Å². The van der Waals surface area contributed by atoms with E-state index in [1.165, 1.54) is 12.1 Å². The van der Waals surface area contributed by atoms with E-state index in [-0.39, 0.29) is 22.2 Å². The van der Waals surface area contributed by atoms with E-state index >= 15 is 0 Å². The molecule has 10 heteroatoms. The third kappa shape index (κ3) is 5.69. The van der Waals surface area contributed by atoms with Crippen LogP contribution in [0.3, 0.4) is 0 Å². The van der Waals surface area contributed by atoms with E-state index in [0.29, 0.717) is 49.2 Å². The second kappa shape index (κ2) is 10.2. The number of nitro groups is 1. The molecule has 0 spiro atoms. The van der Waals surface area contributed by atoms with Gasteiger partial charge in [-0.05, 0) is 36.2 Å². The monoisotopic (exact) mass is 478 g/mol. The highest BCUT2D eigenvalue weighted by Gasteiger charge is 2.23. The first kappa shape index (κ1) is 23.8. The molecule has 0 aliphatic carbocycles. The van der Waals surface area contributed by atoms with Gasteiger partial charge in [0, 0.05) is 49.9 Å². The minimum absolute atomic E-state index is 0.0371. The van der Waals surface area contributed by atoms with Gasteiger partial charge in [-0.15, -0.1) is 0 Å². The zero-order valence-corrected chi connectivity index (χ0v) is 19.3. The molecule has 1 saturated heterocycles. The molecule has 1 aliphatic rings. The Morgan fingerprint density at radius 2 is 1.75 bits per heavy atom. The maximum atomic E-state index is 12.5. The molecule has 0 aromatic heterocycles. The lowest BCUT2D eigenvalue weighted by atomic mass is 10.1. The van der Waals surface area contributed by atoms with Crippen molar-refractivity contribution in [2.24, 2.45) is 5.92 Å². The number of benzene rings is 2. The summed E-state index contributed by atoms with van der Waals surface area (Å²) >= 11 is 12.3. The van der Waals surface area contributed by atoms with Gasteiger partial charge in [0.05, 0.1) is 15.6 Å². The maximum absolute atomic E-state index is 12.5. The van der Waals surface area contributed by atoms with Gasteiger partial charge in [-0.3, -0.25) is 19.7 Å². The van der Waals surface area contributed by atoms with Crippen molar-refractivity contribution >= 4 is 52.1 Å². The second-order valence-electron chi connectivity index (χ2n) is 8.01. The Kier molecular flexibility index (Phi) is 7.58. The predicted octanol–water partition coefficient (Wildman–Crippen LogP) is 4.85. The Morgan fingerprint density at radius 1 is 1.06 bits per heavy atom. The topological polar surface area (TPSA) is 95.8 Å². The number of hydrogen-bond donors (Lipinski definition) is 1. The molecule has 0 atom stereocenters. The number of hydrogen-bond acceptors (Lipinski definition) is 5. The van der Waals surface area contributed by atoms with Gasteiger partial charge < -0.3 is 15.1 Å². The van der Waals surface area contributed by atoms with Crippen molar-refractivity contribution in [3.63, 3.8) is 0 Å². The lowest BCUT2D eigenvalue weighted by Crippen LogP contribution is -2.49. The molecule has 0 unspecified atom stereocenters. The molecule has 1 N–H and O–H groups in total. The summed E-state index contributed by atoms with van der Waals surface area (Å²) in [6.07, 6.45) is 0.548. The number of carbonyl (C=O) groups is 2. The van der Waals surface area contributed by atoms with E-state index in [1.807, 2.05) is 24.8 Å². The largest absolute Gasteiger partial charge is 0.367 e. The summed E-state index contributed by atoms with van der Waals surface area (Å²) in [6, 6.07) is 9.04. The van der Waals surface area contributed by atoms with Gasteiger partial charge in [0.1, 0.15) is 5.02 Å². The standard InChI is InChI=1S/C22H24Cl2N4O4/c1-14(2)11-21(29)27-9-7-26(8-10-27)19-6-4-16(13-18(19)24)25-22(30)15-3-5-17(23)20(12-15)28(31)32/h3-6,12-14H,7-11H2,1-2H3,(H,25,30). The molecule has 8 nitrogen and oxygen atoms in total. The SMILES string of the molecule is CC(C)CC(=O)N1CCN(c2ccc(NC(=O)c3ccc(Cl)c([N+](=O)[O-])c3)cc2Cl)CC1. The van der Waals surface area contributed by atoms with Crippen LogP contribution >= 0.6 is 23.2 Å². The Bertz CT molecular complexity index is 1040. The molecule has 2 amide bonds. The minimum Gasteiger partial charge on any atom is -0.367 e. The van der Waals surface area contributed by atoms with E-state index < -0.39 is 10.8 Å². The van der Waals surface area contributed by atoms with Crippen molar-refractivity contribution in [1.29, 1.82) is 0 Å². The quantitative estimate of drug-likeness (QED) is 0.472. The second-order valence-corrected chi connectivity index (χ2v) is 8.82. The van der Waals surface area contributed by atoms with Gasteiger partial charge in [0.25, 0.3) is 11.6 Å². The molecular formula is C22H24Cl2N4O4. The fourth-order valence-corrected chi connectivity index (χ4v) is 4.00. The maximum Gasteiger partial charge on any atom is 0.288 e. The summed E-state index contributed by atoms with van der Waals surface area (Å²) in [5.74, 6) is -0.00570. The van der Waals surface area contributed by atoms with Crippen LogP contribution in [0.15, 0.2) is 36.4 Å². The number of halogens is 2. The van der Waals surface area contributed by atoms with E-state index in [4.69, 9.17) is 23.2 Å². The van der Waals surface area contributed by atoms with Crippen LogP contribution in [0.25, 0.3) is 0 Å². The molecule has 3 rings (SSSR count). The Labute approximate surface area is 196 Å². The Hall–Kier alpha value is -2.84. The average Bonchev–Trinajstić information content (AvgIpc) is 2.73. The number of nitrogens with zero attached hydrogens (tertiary/aromatic N) is 3. The lowest BCUT2D eigenvalue weighted by Gasteiger charge is -2.36. The number of nitrogens with one attached hydrogen (secondary N) is 1. The van der Waals surface area contributed by atoms with Crippen molar-refractivity contribution in [2.45, 2.75) is 20.3 Å². The van der Waals surface area contributed by atoms with E-state index in [2.05, 4.69) is 10.2 Å². The normalized spacial score (nSPS) is 13.9. The van der Waals surface area contributed by atoms with Crippen LogP contribution < -0.4 is 10.2 Å². The molecule has 170 valence electrons. The van der Waals surface area contributed by atoms with Crippen molar-refractivity contribution in [3.8, 4) is 0 Å². The fraction of sp³-hybridized carbons (Fsp3) is 0.364. The zero-order valence-electron chi connectivity index (χ0n) is 17.8. The third-order valence-electron chi connectivity index (χ3n) is 5.17. The summed E-state index contributed by atoms with van der Waals surface area (Å²) in [6.45, 7) is 6.67. The predicted molar refractivity (Wildman–Crippen MR) is 126 cm³/mol. The third-order valence-corrected chi connectivity index (χ3v) is 5.79. The fourth-order valence-electron chi connectivity index (χ4n) is 3.51. The highest BCUT2D eigenvalue weighted by molar-refractivity contribution is 6.34. The van der Waals surface area contributed by atoms with Crippen molar-refractivity contribution < 1.29 is 14.5 Å². The van der Waals surface area contributed by atoms with Gasteiger partial charge in [0.15, 0.2) is 0 Å². The zero-order chi connectivity index (χ0) is 23.4. The van der Waals surface area contributed by atoms with Gasteiger partial charge in [-0.2, -0.15) is 0 Å².